The standard InChI is InChI=1S/C16H24FN/c1-12-9-13(2)15(14(3)10-12)11-16(17)5-4-7-18-8-6-16/h9-10,18H,4-8,11H2,1-3H3. The second kappa shape index (κ2) is 5.40. The van der Waals surface area contributed by atoms with E-state index in [1.54, 1.807) is 0 Å². The maximum atomic E-state index is 14.9. The summed E-state index contributed by atoms with van der Waals surface area (Å²) in [5.74, 6) is 0. The third-order valence-corrected chi connectivity index (χ3v) is 4.06. The third-order valence-electron chi connectivity index (χ3n) is 4.06. The van der Waals surface area contributed by atoms with Crippen molar-refractivity contribution < 1.29 is 4.39 Å². The van der Waals surface area contributed by atoms with Gasteiger partial charge in [-0.25, -0.2) is 4.39 Å². The van der Waals surface area contributed by atoms with Gasteiger partial charge in [-0.1, -0.05) is 17.7 Å². The van der Waals surface area contributed by atoms with Crippen molar-refractivity contribution in [2.45, 2.75) is 52.1 Å². The number of alkyl halides is 1. The van der Waals surface area contributed by atoms with Crippen LogP contribution in [0.5, 0.6) is 0 Å². The summed E-state index contributed by atoms with van der Waals surface area (Å²) < 4.78 is 14.9. The Kier molecular flexibility index (Phi) is 4.06. The summed E-state index contributed by atoms with van der Waals surface area (Å²) in [7, 11) is 0. The van der Waals surface area contributed by atoms with Crippen LogP contribution in [0.2, 0.25) is 0 Å². The Morgan fingerprint density at radius 2 is 1.78 bits per heavy atom. The van der Waals surface area contributed by atoms with Crippen LogP contribution in [0.3, 0.4) is 0 Å². The lowest BCUT2D eigenvalue weighted by Gasteiger charge is -2.25. The summed E-state index contributed by atoms with van der Waals surface area (Å²) >= 11 is 0. The van der Waals surface area contributed by atoms with Crippen LogP contribution in [0.25, 0.3) is 0 Å². The van der Waals surface area contributed by atoms with Gasteiger partial charge in [0.15, 0.2) is 0 Å². The van der Waals surface area contributed by atoms with Crippen molar-refractivity contribution in [1.82, 2.24) is 5.32 Å². The molecule has 0 amide bonds. The molecule has 1 aromatic rings. The van der Waals surface area contributed by atoms with E-state index in [1.807, 2.05) is 0 Å². The Bertz CT molecular complexity index is 394. The average molecular weight is 249 g/mol. The first-order valence-corrected chi connectivity index (χ1v) is 6.97. The highest BCUT2D eigenvalue weighted by Gasteiger charge is 2.31. The molecule has 0 saturated carbocycles. The van der Waals surface area contributed by atoms with Crippen LogP contribution in [0, 0.1) is 20.8 Å². The van der Waals surface area contributed by atoms with Crippen molar-refractivity contribution in [2.75, 3.05) is 13.1 Å². The van der Waals surface area contributed by atoms with Gasteiger partial charge in [0.1, 0.15) is 5.67 Å². The van der Waals surface area contributed by atoms with E-state index in [1.165, 1.54) is 22.3 Å². The maximum absolute atomic E-state index is 14.9. The zero-order chi connectivity index (χ0) is 13.2. The minimum Gasteiger partial charge on any atom is -0.317 e. The number of benzene rings is 1. The molecule has 1 heterocycles. The van der Waals surface area contributed by atoms with Crippen LogP contribution >= 0.6 is 0 Å². The van der Waals surface area contributed by atoms with Crippen molar-refractivity contribution in [3.63, 3.8) is 0 Å². The van der Waals surface area contributed by atoms with Crippen LogP contribution in [-0.2, 0) is 6.42 Å². The molecule has 0 aliphatic carbocycles. The first-order valence-electron chi connectivity index (χ1n) is 6.97. The van der Waals surface area contributed by atoms with Crippen LogP contribution < -0.4 is 5.32 Å². The zero-order valence-corrected chi connectivity index (χ0v) is 11.8. The fourth-order valence-electron chi connectivity index (χ4n) is 3.07. The molecule has 1 aromatic carbocycles. The van der Waals surface area contributed by atoms with Crippen molar-refractivity contribution in [3.8, 4) is 0 Å². The van der Waals surface area contributed by atoms with E-state index < -0.39 is 5.67 Å². The van der Waals surface area contributed by atoms with Crippen molar-refractivity contribution >= 4 is 0 Å². The molecule has 1 fully saturated rings. The quantitative estimate of drug-likeness (QED) is 0.844. The number of aryl methyl sites for hydroxylation is 3. The molecule has 1 saturated heterocycles. The molecule has 1 aliphatic rings. The Hall–Kier alpha value is -0.890. The van der Waals surface area contributed by atoms with Gasteiger partial charge in [0.2, 0.25) is 0 Å². The smallest absolute Gasteiger partial charge is 0.116 e. The SMILES string of the molecule is Cc1cc(C)c(CC2(F)CCCNCC2)c(C)c1. The topological polar surface area (TPSA) is 12.0 Å². The predicted molar refractivity (Wildman–Crippen MR) is 74.9 cm³/mol. The third kappa shape index (κ3) is 3.11. The molecule has 18 heavy (non-hydrogen) atoms. The lowest BCUT2D eigenvalue weighted by atomic mass is 9.85. The predicted octanol–water partition coefficient (Wildman–Crippen LogP) is 3.64. The van der Waals surface area contributed by atoms with Gasteiger partial charge in [-0.05, 0) is 69.8 Å². The van der Waals surface area contributed by atoms with E-state index >= 15 is 0 Å². The molecule has 1 unspecified atom stereocenters. The van der Waals surface area contributed by atoms with Crippen LogP contribution in [0.15, 0.2) is 12.1 Å². The minimum absolute atomic E-state index is 0.576. The molecule has 2 rings (SSSR count). The van der Waals surface area contributed by atoms with Crippen molar-refractivity contribution in [3.05, 3.63) is 34.4 Å². The second-order valence-electron chi connectivity index (χ2n) is 5.81. The van der Waals surface area contributed by atoms with Gasteiger partial charge in [0.25, 0.3) is 0 Å². The van der Waals surface area contributed by atoms with Gasteiger partial charge in [0.05, 0.1) is 0 Å². The molecule has 0 bridgehead atoms. The maximum Gasteiger partial charge on any atom is 0.116 e. The molecule has 0 aromatic heterocycles. The summed E-state index contributed by atoms with van der Waals surface area (Å²) in [6.45, 7) is 8.07. The van der Waals surface area contributed by atoms with Gasteiger partial charge >= 0.3 is 0 Å². The van der Waals surface area contributed by atoms with Gasteiger partial charge < -0.3 is 5.32 Å². The molecule has 0 spiro atoms. The lowest BCUT2D eigenvalue weighted by molar-refractivity contribution is 0.144. The monoisotopic (exact) mass is 249 g/mol. The molecular weight excluding hydrogens is 225 g/mol. The zero-order valence-electron chi connectivity index (χ0n) is 11.8. The molecule has 0 radical (unpaired) electrons. The van der Waals surface area contributed by atoms with E-state index in [4.69, 9.17) is 0 Å². The fraction of sp³-hybridized carbons (Fsp3) is 0.625. The first-order chi connectivity index (χ1) is 8.50. The minimum atomic E-state index is -1.02. The Morgan fingerprint density at radius 3 is 2.44 bits per heavy atom. The molecule has 1 nitrogen and oxygen atoms in total. The van der Waals surface area contributed by atoms with E-state index in [2.05, 4.69) is 38.2 Å². The fourth-order valence-corrected chi connectivity index (χ4v) is 3.07. The number of nitrogens with one attached hydrogen (secondary N) is 1. The van der Waals surface area contributed by atoms with E-state index in [0.29, 0.717) is 19.3 Å². The van der Waals surface area contributed by atoms with Crippen molar-refractivity contribution in [1.29, 1.82) is 0 Å². The molecule has 100 valence electrons. The summed E-state index contributed by atoms with van der Waals surface area (Å²) in [6.07, 6.45) is 2.85. The highest BCUT2D eigenvalue weighted by atomic mass is 19.1. The largest absolute Gasteiger partial charge is 0.317 e. The Labute approximate surface area is 110 Å². The highest BCUT2D eigenvalue weighted by Crippen LogP contribution is 2.31. The molecule has 2 heteroatoms. The number of hydrogen-bond donors (Lipinski definition) is 1. The normalized spacial score (nSPS) is 24.9. The summed E-state index contributed by atoms with van der Waals surface area (Å²) in [5.41, 5.74) is 3.94. The molecule has 1 aliphatic heterocycles. The number of rotatable bonds is 2. The van der Waals surface area contributed by atoms with E-state index in [0.717, 1.165) is 19.5 Å². The molecule has 1 N–H and O–H groups in total. The summed E-state index contributed by atoms with van der Waals surface area (Å²) in [5, 5.41) is 3.29. The van der Waals surface area contributed by atoms with Gasteiger partial charge in [-0.15, -0.1) is 0 Å². The van der Waals surface area contributed by atoms with Crippen LogP contribution in [-0.4, -0.2) is 18.8 Å². The van der Waals surface area contributed by atoms with E-state index in [9.17, 15) is 4.39 Å². The van der Waals surface area contributed by atoms with Crippen molar-refractivity contribution in [2.24, 2.45) is 0 Å². The average Bonchev–Trinajstić information content (AvgIpc) is 2.49. The van der Waals surface area contributed by atoms with Gasteiger partial charge in [0, 0.05) is 6.42 Å². The Morgan fingerprint density at radius 1 is 1.11 bits per heavy atom. The molecular formula is C16H24FN. The highest BCUT2D eigenvalue weighted by molar-refractivity contribution is 5.38. The summed E-state index contributed by atoms with van der Waals surface area (Å²) in [6, 6.07) is 4.33. The van der Waals surface area contributed by atoms with Crippen LogP contribution in [0.1, 0.15) is 41.5 Å². The van der Waals surface area contributed by atoms with E-state index in [-0.39, 0.29) is 0 Å². The second-order valence-corrected chi connectivity index (χ2v) is 5.81. The van der Waals surface area contributed by atoms with Gasteiger partial charge in [-0.2, -0.15) is 0 Å². The number of hydrogen-bond acceptors (Lipinski definition) is 1. The number of halogens is 1. The van der Waals surface area contributed by atoms with Gasteiger partial charge in [-0.3, -0.25) is 0 Å². The first kappa shape index (κ1) is 13.5. The Balaban J connectivity index is 2.22. The van der Waals surface area contributed by atoms with Crippen LogP contribution in [0.4, 0.5) is 4.39 Å². The summed E-state index contributed by atoms with van der Waals surface area (Å²) in [4.78, 5) is 0. The lowest BCUT2D eigenvalue weighted by Crippen LogP contribution is -2.28. The molecule has 1 atom stereocenters.